The fraction of sp³-hybridized carbons (Fsp3) is 0.483. The second-order valence-corrected chi connectivity index (χ2v) is 13.5. The largest absolute Gasteiger partial charge is 0.506 e. The Labute approximate surface area is 228 Å². The summed E-state index contributed by atoms with van der Waals surface area (Å²) < 4.78 is 33.8. The summed E-state index contributed by atoms with van der Waals surface area (Å²) in [4.78, 5) is 15.3. The average Bonchev–Trinajstić information content (AvgIpc) is 3.01. The van der Waals surface area contributed by atoms with Gasteiger partial charge in [-0.15, -0.1) is 0 Å². The quantitative estimate of drug-likeness (QED) is 0.446. The molecule has 1 spiro atoms. The molecule has 0 radical (unpaired) electrons. The van der Waals surface area contributed by atoms with E-state index >= 15 is 0 Å². The SMILES string of the molecule is O=C1NS(=O)(=O)CC/C=C/C[C@H]2CC[C@H]2CN2C[C@@]3(CCCc4cc(Cl)c(O)cc43)COc3ccc1cc32. The Morgan fingerprint density at radius 1 is 1.13 bits per heavy atom. The van der Waals surface area contributed by atoms with Crippen LogP contribution in [0.1, 0.15) is 60.0 Å². The standard InChI is InChI=1S/C29H33ClN2O5S/c30-24-13-20-6-4-11-29(23(20)15-26(24)33)17-32-16-22-8-7-19(22)5-2-1-3-12-38(35,36)31-28(34)21-9-10-27(37-18-29)25(32)14-21/h1-2,9-10,13-15,19,22,33H,3-8,11-12,16-18H2,(H,31,34)/b2-1+/t19-,22-,29-/m0/s1. The molecule has 38 heavy (non-hydrogen) atoms. The molecule has 4 aliphatic rings. The minimum absolute atomic E-state index is 0.0801. The number of rotatable bonds is 0. The number of allylic oxidation sites excluding steroid dienone is 2. The summed E-state index contributed by atoms with van der Waals surface area (Å²) in [6.07, 6.45) is 10.4. The number of phenols is 1. The summed E-state index contributed by atoms with van der Waals surface area (Å²) in [5.41, 5.74) is 2.98. The van der Waals surface area contributed by atoms with Gasteiger partial charge in [0.05, 0.1) is 23.1 Å². The molecule has 7 nitrogen and oxygen atoms in total. The van der Waals surface area contributed by atoms with E-state index in [9.17, 15) is 18.3 Å². The normalized spacial score (nSPS) is 29.3. The smallest absolute Gasteiger partial charge is 0.264 e. The topological polar surface area (TPSA) is 95.9 Å². The van der Waals surface area contributed by atoms with Crippen molar-refractivity contribution >= 4 is 33.2 Å². The number of fused-ring (bicyclic) bond motifs is 4. The Bertz CT molecular complexity index is 1410. The van der Waals surface area contributed by atoms with Crippen molar-refractivity contribution in [1.82, 2.24) is 4.72 Å². The lowest BCUT2D eigenvalue weighted by atomic mass is 9.69. The van der Waals surface area contributed by atoms with Crippen LogP contribution < -0.4 is 14.4 Å². The van der Waals surface area contributed by atoms with Crippen LogP contribution in [-0.4, -0.2) is 44.9 Å². The number of hydrogen-bond acceptors (Lipinski definition) is 6. The van der Waals surface area contributed by atoms with Crippen LogP contribution in [0.4, 0.5) is 5.69 Å². The summed E-state index contributed by atoms with van der Waals surface area (Å²) >= 11 is 6.28. The lowest BCUT2D eigenvalue weighted by Gasteiger charge is -2.44. The molecule has 1 fully saturated rings. The number of nitrogens with zero attached hydrogens (tertiary/aromatic N) is 1. The van der Waals surface area contributed by atoms with Crippen LogP contribution in [0.2, 0.25) is 5.02 Å². The third-order valence-electron chi connectivity index (χ3n) is 8.84. The fourth-order valence-corrected chi connectivity index (χ4v) is 7.74. The van der Waals surface area contributed by atoms with Crippen molar-refractivity contribution < 1.29 is 23.1 Å². The van der Waals surface area contributed by atoms with Gasteiger partial charge in [-0.05, 0) is 98.2 Å². The van der Waals surface area contributed by atoms with Crippen molar-refractivity contribution in [1.29, 1.82) is 0 Å². The van der Waals surface area contributed by atoms with Crippen LogP contribution >= 0.6 is 11.6 Å². The zero-order valence-corrected chi connectivity index (χ0v) is 22.9. The van der Waals surface area contributed by atoms with Crippen molar-refractivity contribution in [3.8, 4) is 11.5 Å². The number of halogens is 1. The van der Waals surface area contributed by atoms with Gasteiger partial charge in [0, 0.05) is 24.1 Å². The van der Waals surface area contributed by atoms with Crippen LogP contribution in [0.3, 0.4) is 0 Å². The summed E-state index contributed by atoms with van der Waals surface area (Å²) in [5, 5.41) is 10.9. The van der Waals surface area contributed by atoms with Crippen LogP contribution in [0, 0.1) is 11.8 Å². The molecule has 2 N–H and O–H groups in total. The Balaban J connectivity index is 1.43. The van der Waals surface area contributed by atoms with E-state index < -0.39 is 15.9 Å². The molecule has 2 heterocycles. The van der Waals surface area contributed by atoms with Gasteiger partial charge in [-0.1, -0.05) is 23.8 Å². The highest BCUT2D eigenvalue weighted by Gasteiger charge is 2.43. The van der Waals surface area contributed by atoms with Crippen LogP contribution in [0.15, 0.2) is 42.5 Å². The Kier molecular flexibility index (Phi) is 6.59. The number of amides is 1. The number of nitrogens with one attached hydrogen (secondary N) is 1. The summed E-state index contributed by atoms with van der Waals surface area (Å²) in [6.45, 7) is 1.95. The molecule has 2 aliphatic carbocycles. The minimum atomic E-state index is -3.75. The Morgan fingerprint density at radius 2 is 1.97 bits per heavy atom. The van der Waals surface area contributed by atoms with E-state index in [1.54, 1.807) is 18.2 Å². The van der Waals surface area contributed by atoms with E-state index in [-0.39, 0.29) is 16.9 Å². The summed E-state index contributed by atoms with van der Waals surface area (Å²) in [7, 11) is -3.75. The third kappa shape index (κ3) is 4.77. The van der Waals surface area contributed by atoms with E-state index in [1.165, 1.54) is 0 Å². The zero-order valence-electron chi connectivity index (χ0n) is 21.3. The first-order valence-electron chi connectivity index (χ1n) is 13.5. The molecular formula is C29H33ClN2O5S. The molecule has 2 aromatic rings. The van der Waals surface area contributed by atoms with Gasteiger partial charge in [0.1, 0.15) is 11.5 Å². The van der Waals surface area contributed by atoms with Crippen molar-refractivity contribution in [2.24, 2.45) is 11.8 Å². The number of hydrogen-bond donors (Lipinski definition) is 2. The molecule has 202 valence electrons. The average molecular weight is 557 g/mol. The number of anilines is 1. The number of aryl methyl sites for hydroxylation is 1. The summed E-state index contributed by atoms with van der Waals surface area (Å²) in [5.74, 6) is 1.05. The highest BCUT2D eigenvalue weighted by atomic mass is 35.5. The first kappa shape index (κ1) is 25.6. The van der Waals surface area contributed by atoms with Gasteiger partial charge in [-0.25, -0.2) is 13.1 Å². The van der Waals surface area contributed by atoms with E-state index in [0.29, 0.717) is 47.7 Å². The van der Waals surface area contributed by atoms with Crippen molar-refractivity contribution in [3.63, 3.8) is 0 Å². The molecule has 3 atom stereocenters. The molecule has 1 saturated carbocycles. The van der Waals surface area contributed by atoms with Gasteiger partial charge < -0.3 is 14.7 Å². The molecule has 6 rings (SSSR count). The van der Waals surface area contributed by atoms with E-state index in [4.69, 9.17) is 16.3 Å². The van der Waals surface area contributed by atoms with Gasteiger partial charge >= 0.3 is 0 Å². The number of aromatic hydroxyl groups is 1. The van der Waals surface area contributed by atoms with Gasteiger partial charge in [0.2, 0.25) is 10.0 Å². The maximum Gasteiger partial charge on any atom is 0.264 e. The number of benzene rings is 2. The van der Waals surface area contributed by atoms with Gasteiger partial charge in [0.15, 0.2) is 0 Å². The first-order chi connectivity index (χ1) is 18.2. The lowest BCUT2D eigenvalue weighted by Crippen LogP contribution is -2.48. The second kappa shape index (κ2) is 9.79. The highest BCUT2D eigenvalue weighted by molar-refractivity contribution is 7.90. The number of ether oxygens (including phenoxy) is 1. The molecule has 0 saturated heterocycles. The number of sulfonamides is 1. The molecular weight excluding hydrogens is 524 g/mol. The highest BCUT2D eigenvalue weighted by Crippen LogP contribution is 2.47. The minimum Gasteiger partial charge on any atom is -0.506 e. The Hall–Kier alpha value is -2.71. The van der Waals surface area contributed by atoms with Gasteiger partial charge in [-0.2, -0.15) is 0 Å². The van der Waals surface area contributed by atoms with Crippen LogP contribution in [-0.2, 0) is 21.9 Å². The number of carbonyl (C=O) groups excluding carboxylic acids is 1. The predicted octanol–water partition coefficient (Wildman–Crippen LogP) is 4.95. The van der Waals surface area contributed by atoms with Crippen molar-refractivity contribution in [2.45, 2.75) is 50.4 Å². The second-order valence-electron chi connectivity index (χ2n) is 11.3. The number of carbonyl (C=O) groups is 1. The third-order valence-corrected chi connectivity index (χ3v) is 10.4. The molecule has 1 amide bonds. The molecule has 9 heteroatoms. The molecule has 0 aromatic heterocycles. The predicted molar refractivity (Wildman–Crippen MR) is 148 cm³/mol. The zero-order chi connectivity index (χ0) is 26.5. The van der Waals surface area contributed by atoms with E-state index in [2.05, 4.69) is 15.7 Å². The van der Waals surface area contributed by atoms with Crippen molar-refractivity contribution in [3.05, 3.63) is 64.2 Å². The Morgan fingerprint density at radius 3 is 2.79 bits per heavy atom. The summed E-state index contributed by atoms with van der Waals surface area (Å²) in [6, 6.07) is 8.88. The first-order valence-corrected chi connectivity index (χ1v) is 15.5. The molecule has 0 unspecified atom stereocenters. The van der Waals surface area contributed by atoms with E-state index in [0.717, 1.165) is 61.9 Å². The monoisotopic (exact) mass is 556 g/mol. The van der Waals surface area contributed by atoms with Crippen LogP contribution in [0.5, 0.6) is 11.5 Å². The molecule has 2 bridgehead atoms. The van der Waals surface area contributed by atoms with Crippen molar-refractivity contribution in [2.75, 3.05) is 30.3 Å². The van der Waals surface area contributed by atoms with Gasteiger partial charge in [-0.3, -0.25) is 4.79 Å². The van der Waals surface area contributed by atoms with Gasteiger partial charge in [0.25, 0.3) is 5.91 Å². The number of phenolic OH excluding ortho intramolecular Hbond substituents is 1. The fourth-order valence-electron chi connectivity index (χ4n) is 6.61. The molecule has 2 aliphatic heterocycles. The molecule has 2 aromatic carbocycles. The maximum absolute atomic E-state index is 13.0. The van der Waals surface area contributed by atoms with Crippen LogP contribution in [0.25, 0.3) is 0 Å². The maximum atomic E-state index is 13.0. The van der Waals surface area contributed by atoms with E-state index in [1.807, 2.05) is 18.2 Å². The lowest BCUT2D eigenvalue weighted by molar-refractivity contribution is 0.0981.